The summed E-state index contributed by atoms with van der Waals surface area (Å²) in [6, 6.07) is 11.1. The molecule has 10 nitrogen and oxygen atoms in total. The van der Waals surface area contributed by atoms with Crippen molar-refractivity contribution in [3.63, 3.8) is 0 Å². The zero-order chi connectivity index (χ0) is 25.4. The van der Waals surface area contributed by atoms with Crippen LogP contribution in [0.4, 0.5) is 5.69 Å². The fourth-order valence-electron chi connectivity index (χ4n) is 5.42. The molecule has 3 aliphatic rings. The number of aromatic nitrogens is 3. The molecule has 1 amide bonds. The van der Waals surface area contributed by atoms with Crippen molar-refractivity contribution in [3.8, 4) is 17.1 Å². The zero-order valence-corrected chi connectivity index (χ0v) is 21.2. The average molecular weight is 507 g/mol. The van der Waals surface area contributed by atoms with E-state index in [0.717, 1.165) is 61.7 Å². The van der Waals surface area contributed by atoms with E-state index >= 15 is 0 Å². The Labute approximate surface area is 216 Å². The molecule has 0 saturated carbocycles. The minimum atomic E-state index is -0.199. The van der Waals surface area contributed by atoms with Gasteiger partial charge in [0.15, 0.2) is 0 Å². The molecule has 3 aromatic rings. The number of imidazole rings is 1. The van der Waals surface area contributed by atoms with Crippen molar-refractivity contribution in [2.75, 3.05) is 57.4 Å². The molecule has 10 heteroatoms. The Morgan fingerprint density at radius 2 is 1.97 bits per heavy atom. The molecule has 2 atom stereocenters. The first kappa shape index (κ1) is 24.1. The highest BCUT2D eigenvalue weighted by Gasteiger charge is 2.30. The molecule has 5 heterocycles. The number of anilines is 1. The van der Waals surface area contributed by atoms with Crippen LogP contribution in [-0.2, 0) is 16.1 Å². The van der Waals surface area contributed by atoms with Crippen LogP contribution in [0.1, 0.15) is 13.3 Å². The first-order chi connectivity index (χ1) is 18.1. The highest BCUT2D eigenvalue weighted by atomic mass is 16.5. The quantitative estimate of drug-likeness (QED) is 0.474. The van der Waals surface area contributed by atoms with Gasteiger partial charge < -0.3 is 29.4 Å². The summed E-state index contributed by atoms with van der Waals surface area (Å²) in [5.41, 5.74) is 4.51. The number of aliphatic hydroxyl groups is 1. The second-order valence-electron chi connectivity index (χ2n) is 10.2. The topological polar surface area (TPSA) is 105 Å². The van der Waals surface area contributed by atoms with Gasteiger partial charge in [-0.3, -0.25) is 9.69 Å². The maximum Gasteiger partial charge on any atom is 0.241 e. The summed E-state index contributed by atoms with van der Waals surface area (Å²) in [5.74, 6) is 0.612. The number of fused-ring (bicyclic) bond motifs is 1. The van der Waals surface area contributed by atoms with Crippen molar-refractivity contribution in [3.05, 3.63) is 36.7 Å². The predicted molar refractivity (Wildman–Crippen MR) is 140 cm³/mol. The number of hydrogen-bond acceptors (Lipinski definition) is 8. The van der Waals surface area contributed by atoms with Crippen molar-refractivity contribution in [2.24, 2.45) is 5.92 Å². The van der Waals surface area contributed by atoms with Gasteiger partial charge in [0.1, 0.15) is 11.6 Å². The van der Waals surface area contributed by atoms with Gasteiger partial charge in [0.2, 0.25) is 11.8 Å². The highest BCUT2D eigenvalue weighted by Crippen LogP contribution is 2.32. The van der Waals surface area contributed by atoms with Crippen molar-refractivity contribution in [1.29, 1.82) is 0 Å². The first-order valence-corrected chi connectivity index (χ1v) is 13.2. The molecule has 2 N–H and O–H groups in total. The molecule has 3 aliphatic heterocycles. The zero-order valence-electron chi connectivity index (χ0n) is 21.2. The average Bonchev–Trinajstić information content (AvgIpc) is 3.50. The largest absolute Gasteiger partial charge is 0.473 e. The van der Waals surface area contributed by atoms with E-state index in [2.05, 4.69) is 44.4 Å². The number of piperazine rings is 1. The van der Waals surface area contributed by atoms with Gasteiger partial charge in [-0.2, -0.15) is 0 Å². The van der Waals surface area contributed by atoms with Gasteiger partial charge in [-0.05, 0) is 25.1 Å². The van der Waals surface area contributed by atoms with Crippen molar-refractivity contribution < 1.29 is 19.4 Å². The Bertz CT molecular complexity index is 1250. The molecule has 1 unspecified atom stereocenters. The van der Waals surface area contributed by atoms with Crippen LogP contribution >= 0.6 is 0 Å². The molecule has 0 spiro atoms. The van der Waals surface area contributed by atoms with Crippen LogP contribution in [0.5, 0.6) is 5.88 Å². The molecule has 0 radical (unpaired) electrons. The minimum Gasteiger partial charge on any atom is -0.473 e. The van der Waals surface area contributed by atoms with Gasteiger partial charge in [-0.25, -0.2) is 9.97 Å². The molecule has 6 rings (SSSR count). The minimum absolute atomic E-state index is 0.00654. The van der Waals surface area contributed by atoms with E-state index in [0.29, 0.717) is 31.4 Å². The lowest BCUT2D eigenvalue weighted by molar-refractivity contribution is -0.119. The maximum atomic E-state index is 11.7. The van der Waals surface area contributed by atoms with Gasteiger partial charge in [0.25, 0.3) is 0 Å². The standard InChI is InChI=1S/C27H34N6O4/c1-18(20-12-25(35)28-14-20)37-27-26-24(29-17-33(26)10-11-34)13-23(30-27)19-2-4-21(5-3-19)31-6-8-32(9-7-31)22-15-36-16-22/h2-5,13,17-18,20,22,34H,6-12,14-16H2,1H3,(H,28,35)/t18-,20?/m1/s1. The molecule has 37 heavy (non-hydrogen) atoms. The lowest BCUT2D eigenvalue weighted by atomic mass is 10.0. The number of ether oxygens (including phenoxy) is 2. The molecule has 2 aromatic heterocycles. The molecule has 3 fully saturated rings. The number of aliphatic hydroxyl groups excluding tert-OH is 1. The number of benzene rings is 1. The van der Waals surface area contributed by atoms with Crippen LogP contribution in [0.2, 0.25) is 0 Å². The first-order valence-electron chi connectivity index (χ1n) is 13.2. The fraction of sp³-hybridized carbons (Fsp3) is 0.519. The lowest BCUT2D eigenvalue weighted by Gasteiger charge is -2.43. The van der Waals surface area contributed by atoms with Crippen LogP contribution in [0, 0.1) is 5.92 Å². The van der Waals surface area contributed by atoms with Crippen LogP contribution in [0.15, 0.2) is 36.7 Å². The van der Waals surface area contributed by atoms with Gasteiger partial charge in [-0.1, -0.05) is 12.1 Å². The van der Waals surface area contributed by atoms with E-state index in [-0.39, 0.29) is 24.5 Å². The summed E-state index contributed by atoms with van der Waals surface area (Å²) in [6.07, 6.45) is 1.96. The number of nitrogens with one attached hydrogen (secondary N) is 1. The molecular weight excluding hydrogens is 472 g/mol. The summed E-state index contributed by atoms with van der Waals surface area (Å²) in [4.78, 5) is 26.2. The number of pyridine rings is 1. The number of rotatable bonds is 8. The maximum absolute atomic E-state index is 11.7. The number of hydrogen-bond donors (Lipinski definition) is 2. The van der Waals surface area contributed by atoms with E-state index in [1.165, 1.54) is 5.69 Å². The Morgan fingerprint density at radius 1 is 1.19 bits per heavy atom. The van der Waals surface area contributed by atoms with Crippen LogP contribution in [0.25, 0.3) is 22.3 Å². The fourth-order valence-corrected chi connectivity index (χ4v) is 5.42. The monoisotopic (exact) mass is 506 g/mol. The Morgan fingerprint density at radius 3 is 2.62 bits per heavy atom. The summed E-state index contributed by atoms with van der Waals surface area (Å²) in [6.45, 7) is 8.85. The van der Waals surface area contributed by atoms with Gasteiger partial charge in [0, 0.05) is 62.9 Å². The third-order valence-corrected chi connectivity index (χ3v) is 7.85. The second-order valence-corrected chi connectivity index (χ2v) is 10.2. The number of amides is 1. The smallest absolute Gasteiger partial charge is 0.241 e. The molecule has 3 saturated heterocycles. The summed E-state index contributed by atoms with van der Waals surface area (Å²) in [5, 5.41) is 12.4. The molecule has 0 aliphatic carbocycles. The molecular formula is C27H34N6O4. The van der Waals surface area contributed by atoms with E-state index in [1.54, 1.807) is 6.33 Å². The molecule has 196 valence electrons. The van der Waals surface area contributed by atoms with E-state index < -0.39 is 0 Å². The van der Waals surface area contributed by atoms with E-state index in [4.69, 9.17) is 14.5 Å². The number of carbonyl (C=O) groups excluding carboxylic acids is 1. The van der Waals surface area contributed by atoms with Crippen LogP contribution in [-0.4, -0.2) is 95.1 Å². The summed E-state index contributed by atoms with van der Waals surface area (Å²) in [7, 11) is 0. The van der Waals surface area contributed by atoms with Gasteiger partial charge >= 0.3 is 0 Å². The Kier molecular flexibility index (Phi) is 6.71. The number of nitrogens with zero attached hydrogens (tertiary/aromatic N) is 5. The van der Waals surface area contributed by atoms with Crippen LogP contribution in [0.3, 0.4) is 0 Å². The van der Waals surface area contributed by atoms with Crippen molar-refractivity contribution in [1.82, 2.24) is 24.8 Å². The Hall–Kier alpha value is -3.21. The van der Waals surface area contributed by atoms with Gasteiger partial charge in [0.05, 0.1) is 43.4 Å². The second kappa shape index (κ2) is 10.3. The van der Waals surface area contributed by atoms with E-state index in [1.807, 2.05) is 17.6 Å². The SMILES string of the molecule is C[C@@H](Oc1nc(-c2ccc(N3CCN(C4COC4)CC3)cc2)cc2ncn(CCO)c12)C1CNC(=O)C1. The normalized spacial score (nSPS) is 21.7. The Balaban J connectivity index is 1.23. The van der Waals surface area contributed by atoms with Crippen molar-refractivity contribution >= 4 is 22.6 Å². The summed E-state index contributed by atoms with van der Waals surface area (Å²) >= 11 is 0. The number of carbonyl (C=O) groups is 1. The van der Waals surface area contributed by atoms with E-state index in [9.17, 15) is 9.90 Å². The van der Waals surface area contributed by atoms with Crippen LogP contribution < -0.4 is 15.0 Å². The summed E-state index contributed by atoms with van der Waals surface area (Å²) < 4.78 is 13.6. The van der Waals surface area contributed by atoms with Gasteiger partial charge in [-0.15, -0.1) is 0 Å². The third-order valence-electron chi connectivity index (χ3n) is 7.85. The lowest BCUT2D eigenvalue weighted by Crippen LogP contribution is -2.56. The molecule has 0 bridgehead atoms. The molecule has 1 aromatic carbocycles. The highest BCUT2D eigenvalue weighted by molar-refractivity contribution is 5.85. The third kappa shape index (κ3) is 4.88. The predicted octanol–water partition coefficient (Wildman–Crippen LogP) is 1.51. The van der Waals surface area contributed by atoms with Crippen molar-refractivity contribution in [2.45, 2.75) is 32.0 Å².